The van der Waals surface area contributed by atoms with E-state index in [1.807, 2.05) is 0 Å². The second kappa shape index (κ2) is 6.72. The Morgan fingerprint density at radius 2 is 1.94 bits per heavy atom. The van der Waals surface area contributed by atoms with Gasteiger partial charge in [-0.1, -0.05) is 0 Å². The first-order valence-electron chi connectivity index (χ1n) is 4.99. The number of hydrogen-bond acceptors (Lipinski definition) is 5. The number of carbonyl (C=O) groups excluding carboxylic acids is 1. The SMILES string of the molecule is COCCOCC(=O)c1ccc([N+](=O)[O-])cc1. The highest BCUT2D eigenvalue weighted by molar-refractivity contribution is 5.97. The molecule has 0 N–H and O–H groups in total. The lowest BCUT2D eigenvalue weighted by Gasteiger charge is -2.02. The number of carbonyl (C=O) groups is 1. The van der Waals surface area contributed by atoms with Gasteiger partial charge < -0.3 is 9.47 Å². The minimum Gasteiger partial charge on any atom is -0.382 e. The van der Waals surface area contributed by atoms with Gasteiger partial charge in [0.2, 0.25) is 0 Å². The average Bonchev–Trinajstić information content (AvgIpc) is 2.34. The van der Waals surface area contributed by atoms with Gasteiger partial charge in [-0.15, -0.1) is 0 Å². The van der Waals surface area contributed by atoms with E-state index in [-0.39, 0.29) is 18.1 Å². The molecule has 0 amide bonds. The number of methoxy groups -OCH3 is 1. The summed E-state index contributed by atoms with van der Waals surface area (Å²) >= 11 is 0. The molecular formula is C11H13NO5. The minimum absolute atomic E-state index is 0.0400. The van der Waals surface area contributed by atoms with Gasteiger partial charge in [0.05, 0.1) is 18.1 Å². The molecule has 1 aromatic rings. The maximum Gasteiger partial charge on any atom is 0.269 e. The lowest BCUT2D eigenvalue weighted by Crippen LogP contribution is -2.12. The van der Waals surface area contributed by atoms with Gasteiger partial charge in [-0.05, 0) is 12.1 Å². The molecule has 0 saturated carbocycles. The quantitative estimate of drug-likeness (QED) is 0.311. The molecular weight excluding hydrogens is 226 g/mol. The minimum atomic E-state index is -0.511. The summed E-state index contributed by atoms with van der Waals surface area (Å²) in [5, 5.41) is 10.4. The summed E-state index contributed by atoms with van der Waals surface area (Å²) in [5.74, 6) is -0.212. The lowest BCUT2D eigenvalue weighted by molar-refractivity contribution is -0.384. The molecule has 17 heavy (non-hydrogen) atoms. The Morgan fingerprint density at radius 1 is 1.29 bits per heavy atom. The van der Waals surface area contributed by atoms with Crippen LogP contribution in [0.3, 0.4) is 0 Å². The number of Topliss-reactive ketones (excluding diaryl/α,β-unsaturated/α-hetero) is 1. The lowest BCUT2D eigenvalue weighted by atomic mass is 10.1. The van der Waals surface area contributed by atoms with Crippen LogP contribution in [0.1, 0.15) is 10.4 Å². The third-order valence-electron chi connectivity index (χ3n) is 2.07. The number of rotatable bonds is 7. The van der Waals surface area contributed by atoms with Crippen molar-refractivity contribution in [3.05, 3.63) is 39.9 Å². The van der Waals surface area contributed by atoms with E-state index in [4.69, 9.17) is 9.47 Å². The van der Waals surface area contributed by atoms with Crippen LogP contribution >= 0.6 is 0 Å². The van der Waals surface area contributed by atoms with Crippen LogP contribution in [-0.4, -0.2) is 37.6 Å². The van der Waals surface area contributed by atoms with Crippen LogP contribution in [0.5, 0.6) is 0 Å². The van der Waals surface area contributed by atoms with E-state index in [1.165, 1.54) is 24.3 Å². The molecule has 6 heteroatoms. The van der Waals surface area contributed by atoms with Crippen molar-refractivity contribution in [3.63, 3.8) is 0 Å². The summed E-state index contributed by atoms with van der Waals surface area (Å²) < 4.78 is 9.82. The van der Waals surface area contributed by atoms with Crippen molar-refractivity contribution >= 4 is 11.5 Å². The molecule has 0 aliphatic carbocycles. The molecule has 0 saturated heterocycles. The fourth-order valence-corrected chi connectivity index (χ4v) is 1.16. The third kappa shape index (κ3) is 4.29. The van der Waals surface area contributed by atoms with E-state index in [0.29, 0.717) is 18.8 Å². The first-order chi connectivity index (χ1) is 8.15. The third-order valence-corrected chi connectivity index (χ3v) is 2.07. The predicted octanol–water partition coefficient (Wildman–Crippen LogP) is 1.44. The second-order valence-corrected chi connectivity index (χ2v) is 3.27. The Bertz CT molecular complexity index is 387. The fraction of sp³-hybridized carbons (Fsp3) is 0.364. The number of non-ortho nitro benzene ring substituents is 1. The van der Waals surface area contributed by atoms with E-state index in [9.17, 15) is 14.9 Å². The number of ketones is 1. The van der Waals surface area contributed by atoms with Crippen molar-refractivity contribution < 1.29 is 19.2 Å². The second-order valence-electron chi connectivity index (χ2n) is 3.27. The predicted molar refractivity (Wildman–Crippen MR) is 60.1 cm³/mol. The normalized spacial score (nSPS) is 10.2. The zero-order valence-electron chi connectivity index (χ0n) is 9.42. The molecule has 0 unspecified atom stereocenters. The highest BCUT2D eigenvalue weighted by atomic mass is 16.6. The van der Waals surface area contributed by atoms with Gasteiger partial charge in [-0.25, -0.2) is 0 Å². The van der Waals surface area contributed by atoms with Gasteiger partial charge in [-0.3, -0.25) is 14.9 Å². The molecule has 0 aliphatic rings. The number of nitro groups is 1. The fourth-order valence-electron chi connectivity index (χ4n) is 1.16. The molecule has 0 heterocycles. The van der Waals surface area contributed by atoms with Crippen LogP contribution in [0.25, 0.3) is 0 Å². The number of nitro benzene ring substituents is 1. The summed E-state index contributed by atoms with van der Waals surface area (Å²) in [5.41, 5.74) is 0.356. The van der Waals surface area contributed by atoms with Gasteiger partial charge in [0.25, 0.3) is 5.69 Å². The summed E-state index contributed by atoms with van der Waals surface area (Å²) in [7, 11) is 1.54. The molecule has 6 nitrogen and oxygen atoms in total. The van der Waals surface area contributed by atoms with E-state index in [0.717, 1.165) is 0 Å². The Balaban J connectivity index is 2.49. The number of benzene rings is 1. The zero-order valence-corrected chi connectivity index (χ0v) is 9.42. The highest BCUT2D eigenvalue weighted by Crippen LogP contribution is 2.12. The molecule has 0 radical (unpaired) electrons. The Hall–Kier alpha value is -1.79. The Morgan fingerprint density at radius 3 is 2.47 bits per heavy atom. The van der Waals surface area contributed by atoms with Crippen molar-refractivity contribution in [1.82, 2.24) is 0 Å². The van der Waals surface area contributed by atoms with Crippen molar-refractivity contribution in [2.45, 2.75) is 0 Å². The van der Waals surface area contributed by atoms with Crippen molar-refractivity contribution in [2.24, 2.45) is 0 Å². The van der Waals surface area contributed by atoms with E-state index >= 15 is 0 Å². The first kappa shape index (κ1) is 13.3. The van der Waals surface area contributed by atoms with Crippen molar-refractivity contribution in [3.8, 4) is 0 Å². The van der Waals surface area contributed by atoms with Gasteiger partial charge in [-0.2, -0.15) is 0 Å². The maximum absolute atomic E-state index is 11.6. The summed E-state index contributed by atoms with van der Waals surface area (Å²) in [6, 6.07) is 5.42. The molecule has 0 fully saturated rings. The number of ether oxygens (including phenoxy) is 2. The van der Waals surface area contributed by atoms with Crippen LogP contribution in [0.2, 0.25) is 0 Å². The number of hydrogen-bond donors (Lipinski definition) is 0. The highest BCUT2D eigenvalue weighted by Gasteiger charge is 2.09. The van der Waals surface area contributed by atoms with Crippen LogP contribution in [0.4, 0.5) is 5.69 Å². The summed E-state index contributed by atoms with van der Waals surface area (Å²) in [6.45, 7) is 0.712. The van der Waals surface area contributed by atoms with Gasteiger partial charge in [0, 0.05) is 24.8 Å². The molecule has 0 spiro atoms. The smallest absolute Gasteiger partial charge is 0.269 e. The molecule has 0 bridgehead atoms. The number of nitrogens with zero attached hydrogens (tertiary/aromatic N) is 1. The maximum atomic E-state index is 11.6. The monoisotopic (exact) mass is 239 g/mol. The van der Waals surface area contributed by atoms with E-state index in [2.05, 4.69) is 0 Å². The van der Waals surface area contributed by atoms with Gasteiger partial charge >= 0.3 is 0 Å². The van der Waals surface area contributed by atoms with Crippen LogP contribution in [0.15, 0.2) is 24.3 Å². The topological polar surface area (TPSA) is 78.7 Å². The largest absolute Gasteiger partial charge is 0.382 e. The average molecular weight is 239 g/mol. The molecule has 1 rings (SSSR count). The molecule has 0 atom stereocenters. The summed E-state index contributed by atoms with van der Waals surface area (Å²) in [4.78, 5) is 21.5. The molecule has 0 aliphatic heterocycles. The van der Waals surface area contributed by atoms with E-state index in [1.54, 1.807) is 7.11 Å². The van der Waals surface area contributed by atoms with Crippen LogP contribution < -0.4 is 0 Å². The Kier molecular flexibility index (Phi) is 5.25. The van der Waals surface area contributed by atoms with Crippen LogP contribution in [0, 0.1) is 10.1 Å². The van der Waals surface area contributed by atoms with Gasteiger partial charge in [0.1, 0.15) is 6.61 Å². The first-order valence-corrected chi connectivity index (χ1v) is 4.99. The molecule has 92 valence electrons. The van der Waals surface area contributed by atoms with Crippen molar-refractivity contribution in [1.29, 1.82) is 0 Å². The van der Waals surface area contributed by atoms with Gasteiger partial charge in [0.15, 0.2) is 5.78 Å². The standard InChI is InChI=1S/C11H13NO5/c1-16-6-7-17-8-11(13)9-2-4-10(5-3-9)12(14)15/h2-5H,6-8H2,1H3. The van der Waals surface area contributed by atoms with E-state index < -0.39 is 4.92 Å². The zero-order chi connectivity index (χ0) is 12.7. The van der Waals surface area contributed by atoms with Crippen LogP contribution in [-0.2, 0) is 9.47 Å². The van der Waals surface area contributed by atoms with Crippen molar-refractivity contribution in [2.75, 3.05) is 26.9 Å². The summed E-state index contributed by atoms with van der Waals surface area (Å²) in [6.07, 6.45) is 0. The molecule has 1 aromatic carbocycles. The molecule has 0 aromatic heterocycles. The Labute approximate surface area is 98.3 Å².